The Morgan fingerprint density at radius 1 is 1.12 bits per heavy atom. The largest absolute Gasteiger partial charge is 0.492 e. The van der Waals surface area contributed by atoms with Crippen molar-refractivity contribution in [3.05, 3.63) is 35.9 Å². The van der Waals surface area contributed by atoms with Gasteiger partial charge in [-0.15, -0.1) is 0 Å². The van der Waals surface area contributed by atoms with E-state index >= 15 is 0 Å². The van der Waals surface area contributed by atoms with Crippen LogP contribution >= 0.6 is 0 Å². The number of amides is 3. The van der Waals surface area contributed by atoms with Gasteiger partial charge in [-0.3, -0.25) is 14.4 Å². The molecule has 0 bridgehead atoms. The molecule has 9 nitrogen and oxygen atoms in total. The molecule has 1 fully saturated rings. The summed E-state index contributed by atoms with van der Waals surface area (Å²) < 4.78 is 5.93. The van der Waals surface area contributed by atoms with Crippen molar-refractivity contribution in [1.29, 1.82) is 0 Å². The van der Waals surface area contributed by atoms with E-state index in [1.807, 2.05) is 30.3 Å². The van der Waals surface area contributed by atoms with Crippen molar-refractivity contribution >= 4 is 23.8 Å². The highest BCUT2D eigenvalue weighted by Gasteiger charge is 2.44. The van der Waals surface area contributed by atoms with Gasteiger partial charge in [-0.1, -0.05) is 30.4 Å². The van der Waals surface area contributed by atoms with Crippen LogP contribution in [0.1, 0.15) is 32.3 Å². The van der Waals surface area contributed by atoms with Crippen LogP contribution < -0.4 is 20.7 Å². The lowest BCUT2D eigenvalue weighted by atomic mass is 9.95. The van der Waals surface area contributed by atoms with Gasteiger partial charge in [0, 0.05) is 25.7 Å². The van der Waals surface area contributed by atoms with Crippen molar-refractivity contribution in [2.45, 2.75) is 44.4 Å². The number of para-hydroxylation sites is 1. The summed E-state index contributed by atoms with van der Waals surface area (Å²) in [5, 5.41) is 19.2. The van der Waals surface area contributed by atoms with Gasteiger partial charge < -0.3 is 30.7 Å². The molecule has 3 rings (SSSR count). The van der Waals surface area contributed by atoms with E-state index in [1.54, 1.807) is 6.08 Å². The Hall–Kier alpha value is -2.91. The molecule has 0 radical (unpaired) electrons. The highest BCUT2D eigenvalue weighted by molar-refractivity contribution is 5.92. The van der Waals surface area contributed by atoms with Gasteiger partial charge >= 0.3 is 0 Å². The molecule has 9 heteroatoms. The minimum atomic E-state index is -1.50. The van der Waals surface area contributed by atoms with Gasteiger partial charge in [-0.05, 0) is 38.7 Å². The first-order chi connectivity index (χ1) is 15.7. The first kappa shape index (κ1) is 24.7. The zero-order chi connectivity index (χ0) is 24.0. The lowest BCUT2D eigenvalue weighted by Crippen LogP contribution is -2.62. The Kier molecular flexibility index (Phi) is 8.10. The van der Waals surface area contributed by atoms with E-state index < -0.39 is 23.6 Å². The summed E-state index contributed by atoms with van der Waals surface area (Å²) in [4.78, 5) is 39.7. The monoisotopic (exact) mass is 458 g/mol. The van der Waals surface area contributed by atoms with E-state index in [4.69, 9.17) is 4.74 Å². The second kappa shape index (κ2) is 10.8. The molecule has 0 saturated heterocycles. The quantitative estimate of drug-likeness (QED) is 0.506. The molecular weight excluding hydrogens is 424 g/mol. The zero-order valence-corrected chi connectivity index (χ0v) is 19.5. The van der Waals surface area contributed by atoms with Crippen molar-refractivity contribution in [3.63, 3.8) is 0 Å². The van der Waals surface area contributed by atoms with Crippen molar-refractivity contribution in [2.24, 2.45) is 5.92 Å². The average molecular weight is 459 g/mol. The number of hydrogen-bond acceptors (Lipinski definition) is 6. The van der Waals surface area contributed by atoms with E-state index in [9.17, 15) is 19.5 Å². The van der Waals surface area contributed by atoms with E-state index in [0.717, 1.165) is 18.4 Å². The normalized spacial score (nSPS) is 25.1. The third-order valence-corrected chi connectivity index (χ3v) is 5.79. The predicted octanol–water partition coefficient (Wildman–Crippen LogP) is 0.291. The Morgan fingerprint density at radius 2 is 1.85 bits per heavy atom. The van der Waals surface area contributed by atoms with Crippen molar-refractivity contribution in [2.75, 3.05) is 33.3 Å². The molecule has 3 amide bonds. The van der Waals surface area contributed by atoms with E-state index in [-0.39, 0.29) is 30.8 Å². The molecule has 2 unspecified atom stereocenters. The molecule has 2 atom stereocenters. The van der Waals surface area contributed by atoms with Crippen molar-refractivity contribution < 1.29 is 24.2 Å². The number of carbonyl (C=O) groups excluding carboxylic acids is 3. The Balaban J connectivity index is 1.82. The molecule has 33 heavy (non-hydrogen) atoms. The number of fused-ring (bicyclic) bond motifs is 1. The molecular formula is C24H34N4O5. The van der Waals surface area contributed by atoms with Crippen LogP contribution in [-0.4, -0.2) is 78.7 Å². The number of likely N-dealkylation sites (N-methyl/N-ethyl adjacent to an activating group) is 1. The minimum absolute atomic E-state index is 0.178. The van der Waals surface area contributed by atoms with Crippen LogP contribution in [0, 0.1) is 5.92 Å². The number of aliphatic hydroxyl groups is 1. The summed E-state index contributed by atoms with van der Waals surface area (Å²) in [6, 6.07) is 5.95. The van der Waals surface area contributed by atoms with Crippen molar-refractivity contribution in [1.82, 2.24) is 20.9 Å². The molecule has 1 saturated carbocycles. The number of carbonyl (C=O) groups is 3. The maximum Gasteiger partial charge on any atom is 0.246 e. The van der Waals surface area contributed by atoms with Crippen LogP contribution in [0.15, 0.2) is 30.3 Å². The Bertz CT molecular complexity index is 891. The molecule has 0 aromatic heterocycles. The van der Waals surface area contributed by atoms with Crippen LogP contribution in [0.2, 0.25) is 0 Å². The third-order valence-electron chi connectivity index (χ3n) is 5.79. The van der Waals surface area contributed by atoms with Gasteiger partial charge in [0.15, 0.2) is 0 Å². The number of ether oxygens (including phenoxy) is 1. The maximum atomic E-state index is 13.3. The molecule has 1 aliphatic heterocycles. The number of benzene rings is 1. The smallest absolute Gasteiger partial charge is 0.246 e. The molecule has 180 valence electrons. The van der Waals surface area contributed by atoms with Crippen LogP contribution in [-0.2, 0) is 14.4 Å². The van der Waals surface area contributed by atoms with Gasteiger partial charge in [0.05, 0.1) is 18.2 Å². The second-order valence-electron chi connectivity index (χ2n) is 9.09. The fourth-order valence-corrected chi connectivity index (χ4v) is 4.01. The van der Waals surface area contributed by atoms with E-state index in [1.165, 1.54) is 25.8 Å². The highest BCUT2D eigenvalue weighted by atomic mass is 16.5. The topological polar surface area (TPSA) is 120 Å². The summed E-state index contributed by atoms with van der Waals surface area (Å²) in [5.41, 5.74) is -0.626. The van der Waals surface area contributed by atoms with Gasteiger partial charge in [-0.25, -0.2) is 0 Å². The number of nitrogens with one attached hydrogen (secondary N) is 3. The molecule has 4 N–H and O–H groups in total. The number of rotatable bonds is 2. The van der Waals surface area contributed by atoms with Gasteiger partial charge in [-0.2, -0.15) is 0 Å². The highest BCUT2D eigenvalue weighted by Crippen LogP contribution is 2.34. The van der Waals surface area contributed by atoms with Crippen LogP contribution in [0.4, 0.5) is 0 Å². The number of hydrogen-bond donors (Lipinski definition) is 4. The lowest BCUT2D eigenvalue weighted by Gasteiger charge is -2.37. The second-order valence-corrected chi connectivity index (χ2v) is 9.09. The van der Waals surface area contributed by atoms with E-state index in [0.29, 0.717) is 18.9 Å². The van der Waals surface area contributed by atoms with E-state index in [2.05, 4.69) is 16.0 Å². The summed E-state index contributed by atoms with van der Waals surface area (Å²) in [6.07, 6.45) is 5.51. The molecule has 0 spiro atoms. The fourth-order valence-electron chi connectivity index (χ4n) is 4.01. The summed E-state index contributed by atoms with van der Waals surface area (Å²) in [7, 11) is 1.51. The van der Waals surface area contributed by atoms with Gasteiger partial charge in [0.2, 0.25) is 17.7 Å². The van der Waals surface area contributed by atoms with Gasteiger partial charge in [0.25, 0.3) is 0 Å². The van der Waals surface area contributed by atoms with Crippen LogP contribution in [0.3, 0.4) is 0 Å². The maximum absolute atomic E-state index is 13.3. The van der Waals surface area contributed by atoms with Crippen LogP contribution in [0.25, 0.3) is 6.08 Å². The summed E-state index contributed by atoms with van der Waals surface area (Å²) >= 11 is 0. The average Bonchev–Trinajstić information content (AvgIpc) is 3.59. The number of nitrogens with zero attached hydrogens (tertiary/aromatic N) is 1. The molecule has 2 aliphatic rings. The summed E-state index contributed by atoms with van der Waals surface area (Å²) in [6.45, 7) is 3.78. The fraction of sp³-hybridized carbons (Fsp3) is 0.542. The Labute approximate surface area is 194 Å². The first-order valence-electron chi connectivity index (χ1n) is 11.3. The first-order valence-corrected chi connectivity index (χ1v) is 11.3. The lowest BCUT2D eigenvalue weighted by molar-refractivity contribution is -0.149. The predicted molar refractivity (Wildman–Crippen MR) is 124 cm³/mol. The summed E-state index contributed by atoms with van der Waals surface area (Å²) in [5.74, 6) is -0.342. The van der Waals surface area contributed by atoms with Crippen molar-refractivity contribution in [3.8, 4) is 5.75 Å². The zero-order valence-electron chi connectivity index (χ0n) is 19.5. The molecule has 1 aromatic carbocycles. The molecule has 1 aromatic rings. The van der Waals surface area contributed by atoms with Crippen LogP contribution in [0.5, 0.6) is 5.75 Å². The Morgan fingerprint density at radius 3 is 2.55 bits per heavy atom. The van der Waals surface area contributed by atoms with Gasteiger partial charge in [0.1, 0.15) is 18.4 Å². The minimum Gasteiger partial charge on any atom is -0.492 e. The molecule has 1 heterocycles. The standard InChI is InChI=1S/C24H34N4O5/c1-24(2,32)21-22(30)27-15-19(29)25-12-6-8-16-7-4-5-9-18(16)33-14-13-26-20(17-10-11-17)23(31)28(21)3/h4-9,17,20-21,26,32H,10-15H2,1-3H3,(H,25,29)(H,27,30)/b8-6+. The molecule has 1 aliphatic carbocycles. The SMILES string of the molecule is CN1C(=O)C(C2CC2)NCCOc2ccccc2/C=C/CNC(=O)CNC(=O)C1C(C)(C)O. The third kappa shape index (κ3) is 6.79.